The van der Waals surface area contributed by atoms with Crippen LogP contribution in [0.25, 0.3) is 10.2 Å². The van der Waals surface area contributed by atoms with Gasteiger partial charge in [-0.05, 0) is 42.7 Å². The third-order valence-electron chi connectivity index (χ3n) is 4.51. The number of benzene rings is 1. The van der Waals surface area contributed by atoms with Gasteiger partial charge in [0.15, 0.2) is 5.13 Å². The lowest BCUT2D eigenvalue weighted by Gasteiger charge is -2.29. The van der Waals surface area contributed by atoms with Crippen molar-refractivity contribution < 1.29 is 4.79 Å². The van der Waals surface area contributed by atoms with E-state index in [0.717, 1.165) is 27.0 Å². The number of fused-ring (bicyclic) bond motifs is 2. The van der Waals surface area contributed by atoms with E-state index in [1.165, 1.54) is 11.3 Å². The molecule has 0 atom stereocenters. The molecule has 2 N–H and O–H groups in total. The number of hydrogen-bond acceptors (Lipinski definition) is 6. The molecule has 2 aromatic heterocycles. The molecule has 124 valence electrons. The molecule has 3 aromatic rings. The van der Waals surface area contributed by atoms with E-state index in [-0.39, 0.29) is 5.91 Å². The summed E-state index contributed by atoms with van der Waals surface area (Å²) in [6.07, 6.45) is 2.44. The largest absolute Gasteiger partial charge is 0.375 e. The van der Waals surface area contributed by atoms with Crippen LogP contribution in [0.15, 0.2) is 24.4 Å². The van der Waals surface area contributed by atoms with E-state index in [1.54, 1.807) is 17.2 Å². The minimum atomic E-state index is -0.0433. The lowest BCUT2D eigenvalue weighted by atomic mass is 9.95. The Morgan fingerprint density at radius 1 is 1.44 bits per heavy atom. The summed E-state index contributed by atoms with van der Waals surface area (Å²) in [5.74, 6) is -0.0433. The third-order valence-corrected chi connectivity index (χ3v) is 5.37. The fourth-order valence-corrected chi connectivity index (χ4v) is 3.95. The highest BCUT2D eigenvalue weighted by molar-refractivity contribution is 7.22. The van der Waals surface area contributed by atoms with Crippen molar-refractivity contribution >= 4 is 32.6 Å². The van der Waals surface area contributed by atoms with Crippen molar-refractivity contribution in [2.45, 2.75) is 19.9 Å². The number of amides is 1. The van der Waals surface area contributed by atoms with Crippen molar-refractivity contribution in [3.8, 4) is 6.07 Å². The van der Waals surface area contributed by atoms with Gasteiger partial charge in [-0.25, -0.2) is 4.98 Å². The number of nitrogens with two attached hydrogens (primary N) is 1. The molecular weight excluding hydrogens is 334 g/mol. The zero-order valence-electron chi connectivity index (χ0n) is 13.6. The molecule has 0 bridgehead atoms. The van der Waals surface area contributed by atoms with Crippen LogP contribution in [0.4, 0.5) is 5.13 Å². The maximum atomic E-state index is 12.9. The second kappa shape index (κ2) is 5.83. The van der Waals surface area contributed by atoms with E-state index in [1.807, 2.05) is 19.1 Å². The number of thiazole rings is 1. The lowest BCUT2D eigenvalue weighted by molar-refractivity contribution is 0.0734. The van der Waals surface area contributed by atoms with Crippen molar-refractivity contribution in [3.05, 3.63) is 52.3 Å². The lowest BCUT2D eigenvalue weighted by Crippen LogP contribution is -2.36. The first-order valence-corrected chi connectivity index (χ1v) is 8.71. The summed E-state index contributed by atoms with van der Waals surface area (Å²) in [5.41, 5.74) is 10.4. The standard InChI is InChI=1S/C18H15N5OS/c1-10-14(7-19)13-4-5-23(9-12(13)8-21-10)17(24)11-2-3-16-15(6-11)22-18(20)25-16/h2-3,6,8H,4-5,9H2,1H3,(H2,20,22). The molecule has 1 aliphatic heterocycles. The van der Waals surface area contributed by atoms with Gasteiger partial charge in [-0.1, -0.05) is 11.3 Å². The van der Waals surface area contributed by atoms with E-state index in [9.17, 15) is 10.1 Å². The van der Waals surface area contributed by atoms with Gasteiger partial charge in [-0.2, -0.15) is 5.26 Å². The Kier molecular flexibility index (Phi) is 3.62. The molecular formula is C18H15N5OS. The first-order valence-electron chi connectivity index (χ1n) is 7.89. The summed E-state index contributed by atoms with van der Waals surface area (Å²) in [6, 6.07) is 7.72. The number of rotatable bonds is 1. The van der Waals surface area contributed by atoms with Crippen LogP contribution in [0, 0.1) is 18.3 Å². The molecule has 4 rings (SSSR count). The predicted octanol–water partition coefficient (Wildman–Crippen LogP) is 2.65. The Morgan fingerprint density at radius 2 is 2.28 bits per heavy atom. The second-order valence-electron chi connectivity index (χ2n) is 6.05. The Bertz CT molecular complexity index is 1050. The van der Waals surface area contributed by atoms with Crippen molar-refractivity contribution in [1.29, 1.82) is 5.26 Å². The Balaban J connectivity index is 1.64. The normalized spacial score (nSPS) is 13.5. The summed E-state index contributed by atoms with van der Waals surface area (Å²) in [4.78, 5) is 23.2. The van der Waals surface area contributed by atoms with E-state index in [0.29, 0.717) is 35.8 Å². The van der Waals surface area contributed by atoms with Crippen LogP contribution >= 0.6 is 11.3 Å². The highest BCUT2D eigenvalue weighted by atomic mass is 32.1. The van der Waals surface area contributed by atoms with Crippen LogP contribution in [0.2, 0.25) is 0 Å². The highest BCUT2D eigenvalue weighted by Gasteiger charge is 2.25. The fourth-order valence-electron chi connectivity index (χ4n) is 3.23. The molecule has 1 aliphatic rings. The quantitative estimate of drug-likeness (QED) is 0.728. The number of nitriles is 1. The SMILES string of the molecule is Cc1ncc2c(c1C#N)CCN(C(=O)c1ccc3sc(N)nc3c1)C2. The van der Waals surface area contributed by atoms with Gasteiger partial charge in [-0.3, -0.25) is 9.78 Å². The molecule has 7 heteroatoms. The molecule has 3 heterocycles. The number of anilines is 1. The minimum absolute atomic E-state index is 0.0433. The summed E-state index contributed by atoms with van der Waals surface area (Å²) >= 11 is 1.41. The maximum Gasteiger partial charge on any atom is 0.254 e. The molecule has 0 saturated heterocycles. The maximum absolute atomic E-state index is 12.9. The smallest absolute Gasteiger partial charge is 0.254 e. The number of pyridine rings is 1. The molecule has 0 spiro atoms. The van der Waals surface area contributed by atoms with Gasteiger partial charge < -0.3 is 10.6 Å². The summed E-state index contributed by atoms with van der Waals surface area (Å²) in [7, 11) is 0. The van der Waals surface area contributed by atoms with E-state index in [2.05, 4.69) is 16.0 Å². The van der Waals surface area contributed by atoms with Crippen LogP contribution in [0.3, 0.4) is 0 Å². The monoisotopic (exact) mass is 349 g/mol. The Morgan fingerprint density at radius 3 is 3.08 bits per heavy atom. The number of nitrogen functional groups attached to an aromatic ring is 1. The molecule has 1 aromatic carbocycles. The molecule has 1 amide bonds. The predicted molar refractivity (Wildman–Crippen MR) is 96.2 cm³/mol. The van der Waals surface area contributed by atoms with E-state index >= 15 is 0 Å². The summed E-state index contributed by atoms with van der Waals surface area (Å²) in [6.45, 7) is 2.89. The Labute approximate surface area is 148 Å². The van der Waals surface area contributed by atoms with Crippen LogP contribution in [0.5, 0.6) is 0 Å². The van der Waals surface area contributed by atoms with Crippen LogP contribution < -0.4 is 5.73 Å². The van der Waals surface area contributed by atoms with Gasteiger partial charge in [0.25, 0.3) is 5.91 Å². The second-order valence-corrected chi connectivity index (χ2v) is 7.11. The zero-order valence-corrected chi connectivity index (χ0v) is 14.4. The van der Waals surface area contributed by atoms with Crippen molar-refractivity contribution in [1.82, 2.24) is 14.9 Å². The van der Waals surface area contributed by atoms with Gasteiger partial charge >= 0.3 is 0 Å². The number of aryl methyl sites for hydroxylation is 1. The van der Waals surface area contributed by atoms with Crippen LogP contribution in [0.1, 0.15) is 32.7 Å². The summed E-state index contributed by atoms with van der Waals surface area (Å²) < 4.78 is 0.969. The molecule has 6 nitrogen and oxygen atoms in total. The Hall–Kier alpha value is -2.98. The first-order chi connectivity index (χ1) is 12.1. The van der Waals surface area contributed by atoms with Crippen molar-refractivity contribution in [2.24, 2.45) is 0 Å². The molecule has 0 unspecified atom stereocenters. The van der Waals surface area contributed by atoms with E-state index in [4.69, 9.17) is 5.73 Å². The number of hydrogen-bond donors (Lipinski definition) is 1. The van der Waals surface area contributed by atoms with Gasteiger partial charge in [0, 0.05) is 24.8 Å². The number of nitrogens with zero attached hydrogens (tertiary/aromatic N) is 4. The molecule has 0 fully saturated rings. The van der Waals surface area contributed by atoms with Gasteiger partial charge in [0.05, 0.1) is 21.5 Å². The molecule has 0 saturated carbocycles. The van der Waals surface area contributed by atoms with Gasteiger partial charge in [0.2, 0.25) is 0 Å². The molecule has 0 aliphatic carbocycles. The zero-order chi connectivity index (χ0) is 17.6. The number of carbonyl (C=O) groups excluding carboxylic acids is 1. The third kappa shape index (κ3) is 2.61. The van der Waals surface area contributed by atoms with Crippen LogP contribution in [-0.4, -0.2) is 27.3 Å². The average molecular weight is 349 g/mol. The molecule has 0 radical (unpaired) electrons. The number of aromatic nitrogens is 2. The fraction of sp³-hybridized carbons (Fsp3) is 0.222. The minimum Gasteiger partial charge on any atom is -0.375 e. The van der Waals surface area contributed by atoms with Crippen molar-refractivity contribution in [2.75, 3.05) is 12.3 Å². The van der Waals surface area contributed by atoms with E-state index < -0.39 is 0 Å². The summed E-state index contributed by atoms with van der Waals surface area (Å²) in [5, 5.41) is 9.84. The highest BCUT2D eigenvalue weighted by Crippen LogP contribution is 2.27. The van der Waals surface area contributed by atoms with Gasteiger partial charge in [-0.15, -0.1) is 0 Å². The van der Waals surface area contributed by atoms with Crippen molar-refractivity contribution in [3.63, 3.8) is 0 Å². The topological polar surface area (TPSA) is 95.9 Å². The van der Waals surface area contributed by atoms with Gasteiger partial charge in [0.1, 0.15) is 6.07 Å². The average Bonchev–Trinajstić information content (AvgIpc) is 2.99. The van der Waals surface area contributed by atoms with Crippen LogP contribution in [-0.2, 0) is 13.0 Å². The molecule has 25 heavy (non-hydrogen) atoms. The first kappa shape index (κ1) is 15.5. The number of carbonyl (C=O) groups is 1.